The van der Waals surface area contributed by atoms with Gasteiger partial charge in [0, 0.05) is 15.5 Å². The van der Waals surface area contributed by atoms with Crippen LogP contribution in [-0.2, 0) is 6.54 Å². The lowest BCUT2D eigenvalue weighted by Crippen LogP contribution is -1.99. The zero-order valence-electron chi connectivity index (χ0n) is 8.80. The number of pyridine rings is 1. The molecule has 3 aromatic rings. The predicted octanol–water partition coefficient (Wildman–Crippen LogP) is 3.17. The third-order valence-electron chi connectivity index (χ3n) is 2.30. The summed E-state index contributed by atoms with van der Waals surface area (Å²) in [7, 11) is 0. The van der Waals surface area contributed by atoms with Crippen molar-refractivity contribution in [2.75, 3.05) is 5.32 Å². The number of fused-ring (bicyclic) bond motifs is 1. The minimum atomic E-state index is 0.650. The van der Waals surface area contributed by atoms with Crippen molar-refractivity contribution in [2.45, 2.75) is 6.54 Å². The van der Waals surface area contributed by atoms with E-state index < -0.39 is 0 Å². The Kier molecular flexibility index (Phi) is 2.82. The number of nitrogens with zero attached hydrogens (tertiary/aromatic N) is 3. The van der Waals surface area contributed by atoms with Crippen LogP contribution in [0.15, 0.2) is 40.3 Å². The van der Waals surface area contributed by atoms with Crippen LogP contribution in [0.25, 0.3) is 5.65 Å². The van der Waals surface area contributed by atoms with E-state index in [1.54, 1.807) is 15.9 Å². The molecule has 6 heteroatoms. The van der Waals surface area contributed by atoms with Gasteiger partial charge >= 0.3 is 0 Å². The highest BCUT2D eigenvalue weighted by atomic mass is 79.9. The summed E-state index contributed by atoms with van der Waals surface area (Å²) in [6.45, 7) is 0.760. The molecule has 0 aromatic carbocycles. The smallest absolute Gasteiger partial charge is 0.243 e. The molecule has 4 nitrogen and oxygen atoms in total. The van der Waals surface area contributed by atoms with Gasteiger partial charge in [0.2, 0.25) is 5.95 Å². The van der Waals surface area contributed by atoms with E-state index in [1.807, 2.05) is 24.4 Å². The second-order valence-corrected chi connectivity index (χ2v) is 5.47. The molecule has 0 bridgehead atoms. The first-order valence-corrected chi connectivity index (χ1v) is 6.77. The molecular formula is C11H9BrN4S. The van der Waals surface area contributed by atoms with Crippen LogP contribution in [0.1, 0.15) is 4.88 Å². The second kappa shape index (κ2) is 4.46. The van der Waals surface area contributed by atoms with Crippen molar-refractivity contribution in [1.82, 2.24) is 14.6 Å². The largest absolute Gasteiger partial charge is 0.348 e. The van der Waals surface area contributed by atoms with Crippen LogP contribution in [0, 0.1) is 0 Å². The third kappa shape index (κ3) is 2.32. The normalized spacial score (nSPS) is 10.9. The van der Waals surface area contributed by atoms with Gasteiger partial charge in [0.05, 0.1) is 6.54 Å². The topological polar surface area (TPSA) is 42.2 Å². The number of thiophene rings is 1. The maximum Gasteiger partial charge on any atom is 0.243 e. The van der Waals surface area contributed by atoms with Gasteiger partial charge in [-0.2, -0.15) is 4.98 Å². The molecule has 3 aromatic heterocycles. The highest BCUT2D eigenvalue weighted by Gasteiger charge is 2.03. The van der Waals surface area contributed by atoms with E-state index in [4.69, 9.17) is 0 Å². The van der Waals surface area contributed by atoms with Gasteiger partial charge in [-0.1, -0.05) is 6.07 Å². The third-order valence-corrected chi connectivity index (χ3v) is 3.64. The molecule has 3 rings (SSSR count). The first-order valence-electron chi connectivity index (χ1n) is 5.09. The van der Waals surface area contributed by atoms with Gasteiger partial charge in [-0.3, -0.25) is 0 Å². The Hall–Kier alpha value is -1.40. The van der Waals surface area contributed by atoms with Crippen LogP contribution in [0.4, 0.5) is 5.95 Å². The van der Waals surface area contributed by atoms with E-state index in [0.29, 0.717) is 5.95 Å². The molecule has 0 unspecified atom stereocenters. The molecule has 0 aliphatic heterocycles. The molecule has 0 atom stereocenters. The molecule has 86 valence electrons. The van der Waals surface area contributed by atoms with Crippen LogP contribution in [0.2, 0.25) is 0 Å². The fourth-order valence-electron chi connectivity index (χ4n) is 1.51. The molecule has 3 heterocycles. The lowest BCUT2D eigenvalue weighted by atomic mass is 10.5. The summed E-state index contributed by atoms with van der Waals surface area (Å²) in [5.74, 6) is 0.650. The molecule has 0 spiro atoms. The number of halogens is 1. The summed E-state index contributed by atoms with van der Waals surface area (Å²) in [4.78, 5) is 5.65. The summed E-state index contributed by atoms with van der Waals surface area (Å²) in [6.07, 6.45) is 1.89. The zero-order valence-corrected chi connectivity index (χ0v) is 11.2. The van der Waals surface area contributed by atoms with Gasteiger partial charge in [0.25, 0.3) is 0 Å². The fraction of sp³-hybridized carbons (Fsp3) is 0.0909. The summed E-state index contributed by atoms with van der Waals surface area (Å²) >= 11 is 5.12. The van der Waals surface area contributed by atoms with E-state index in [9.17, 15) is 0 Å². The predicted molar refractivity (Wildman–Crippen MR) is 72.3 cm³/mol. The van der Waals surface area contributed by atoms with Gasteiger partial charge in [0.1, 0.15) is 0 Å². The van der Waals surface area contributed by atoms with Gasteiger partial charge < -0.3 is 5.32 Å². The van der Waals surface area contributed by atoms with Crippen molar-refractivity contribution < 1.29 is 0 Å². The molecule has 0 aliphatic carbocycles. The average Bonchev–Trinajstić information content (AvgIpc) is 2.94. The number of anilines is 1. The molecular weight excluding hydrogens is 300 g/mol. The average molecular weight is 309 g/mol. The lowest BCUT2D eigenvalue weighted by Gasteiger charge is -1.96. The van der Waals surface area contributed by atoms with E-state index >= 15 is 0 Å². The summed E-state index contributed by atoms with van der Waals surface area (Å²) in [5, 5.41) is 9.61. The first-order chi connectivity index (χ1) is 8.31. The quantitative estimate of drug-likeness (QED) is 0.808. The molecule has 0 radical (unpaired) electrons. The fourth-order valence-corrected chi connectivity index (χ4v) is 2.48. The highest BCUT2D eigenvalue weighted by Crippen LogP contribution is 2.14. The van der Waals surface area contributed by atoms with E-state index in [2.05, 4.69) is 42.8 Å². The minimum Gasteiger partial charge on any atom is -0.348 e. The Morgan fingerprint density at radius 1 is 1.35 bits per heavy atom. The van der Waals surface area contributed by atoms with Crippen LogP contribution >= 0.6 is 27.3 Å². The van der Waals surface area contributed by atoms with Gasteiger partial charge in [0.15, 0.2) is 5.65 Å². The Morgan fingerprint density at radius 2 is 2.29 bits per heavy atom. The summed E-state index contributed by atoms with van der Waals surface area (Å²) < 4.78 is 2.74. The zero-order chi connectivity index (χ0) is 11.7. The van der Waals surface area contributed by atoms with Gasteiger partial charge in [-0.15, -0.1) is 16.4 Å². The van der Waals surface area contributed by atoms with E-state index in [-0.39, 0.29) is 0 Å². The molecule has 0 saturated heterocycles. The number of hydrogen-bond acceptors (Lipinski definition) is 4. The van der Waals surface area contributed by atoms with Crippen molar-refractivity contribution in [1.29, 1.82) is 0 Å². The Morgan fingerprint density at radius 3 is 3.12 bits per heavy atom. The Labute approximate surface area is 110 Å². The van der Waals surface area contributed by atoms with Crippen molar-refractivity contribution in [3.05, 3.63) is 45.2 Å². The molecule has 0 saturated carbocycles. The maximum atomic E-state index is 4.38. The first kappa shape index (κ1) is 10.7. The van der Waals surface area contributed by atoms with Gasteiger partial charge in [-0.05, 0) is 39.5 Å². The van der Waals surface area contributed by atoms with Crippen molar-refractivity contribution in [3.63, 3.8) is 0 Å². The van der Waals surface area contributed by atoms with Crippen molar-refractivity contribution >= 4 is 38.9 Å². The summed E-state index contributed by atoms with van der Waals surface area (Å²) in [6, 6.07) is 8.00. The number of nitrogens with one attached hydrogen (secondary N) is 1. The van der Waals surface area contributed by atoms with Crippen molar-refractivity contribution in [2.24, 2.45) is 0 Å². The summed E-state index contributed by atoms with van der Waals surface area (Å²) in [5.41, 5.74) is 0.835. The van der Waals surface area contributed by atoms with Crippen LogP contribution < -0.4 is 5.32 Å². The number of aromatic nitrogens is 3. The van der Waals surface area contributed by atoms with Crippen molar-refractivity contribution in [3.8, 4) is 0 Å². The molecule has 0 fully saturated rings. The van der Waals surface area contributed by atoms with Crippen LogP contribution in [0.5, 0.6) is 0 Å². The SMILES string of the molecule is Brc1ccc2nc(NCc3cccs3)nn2c1. The second-order valence-electron chi connectivity index (χ2n) is 3.52. The molecule has 0 aliphatic rings. The van der Waals surface area contributed by atoms with Gasteiger partial charge in [-0.25, -0.2) is 4.52 Å². The highest BCUT2D eigenvalue weighted by molar-refractivity contribution is 9.10. The minimum absolute atomic E-state index is 0.650. The van der Waals surface area contributed by atoms with E-state index in [0.717, 1.165) is 16.7 Å². The lowest BCUT2D eigenvalue weighted by molar-refractivity contribution is 0.948. The van der Waals surface area contributed by atoms with Crippen LogP contribution in [0.3, 0.4) is 0 Å². The molecule has 1 N–H and O–H groups in total. The van der Waals surface area contributed by atoms with Crippen LogP contribution in [-0.4, -0.2) is 14.6 Å². The maximum absolute atomic E-state index is 4.38. The monoisotopic (exact) mass is 308 g/mol. The Bertz CT molecular complexity index is 632. The van der Waals surface area contributed by atoms with E-state index in [1.165, 1.54) is 4.88 Å². The standard InChI is InChI=1S/C11H9BrN4S/c12-8-3-4-10-14-11(15-16(10)7-8)13-6-9-2-1-5-17-9/h1-5,7H,6H2,(H,13,15). The number of hydrogen-bond donors (Lipinski definition) is 1. The Balaban J connectivity index is 1.81. The molecule has 0 amide bonds. The number of rotatable bonds is 3. The molecule has 17 heavy (non-hydrogen) atoms.